The highest BCUT2D eigenvalue weighted by molar-refractivity contribution is 9.10. The predicted molar refractivity (Wildman–Crippen MR) is 97.3 cm³/mol. The molecular weight excluding hydrogens is 443 g/mol. The van der Waals surface area contributed by atoms with Crippen LogP contribution in [0.5, 0.6) is 0 Å². The maximum absolute atomic E-state index is 13.8. The van der Waals surface area contributed by atoms with Crippen LogP contribution in [-0.2, 0) is 9.53 Å². The number of alkyl halides is 3. The molecule has 0 aromatic carbocycles. The van der Waals surface area contributed by atoms with Crippen LogP contribution in [-0.4, -0.2) is 58.2 Å². The van der Waals surface area contributed by atoms with Gasteiger partial charge in [0, 0.05) is 30.3 Å². The Morgan fingerprint density at radius 3 is 2.43 bits per heavy atom. The molecule has 0 bridgehead atoms. The van der Waals surface area contributed by atoms with Crippen molar-refractivity contribution < 1.29 is 27.5 Å². The zero-order valence-electron chi connectivity index (χ0n) is 15.7. The fourth-order valence-electron chi connectivity index (χ4n) is 3.58. The second kappa shape index (κ2) is 6.89. The first-order valence-corrected chi connectivity index (χ1v) is 9.59. The molecule has 2 aliphatic heterocycles. The number of amides is 2. The summed E-state index contributed by atoms with van der Waals surface area (Å²) >= 11 is 3.15. The summed E-state index contributed by atoms with van der Waals surface area (Å²) in [7, 11) is 0. The summed E-state index contributed by atoms with van der Waals surface area (Å²) in [4.78, 5) is 31.0. The smallest absolute Gasteiger partial charge is 0.414 e. The summed E-state index contributed by atoms with van der Waals surface area (Å²) in [5, 5.41) is 0. The molecule has 3 heterocycles. The Kier molecular flexibility index (Phi) is 5.14. The minimum Gasteiger partial charge on any atom is -0.444 e. The summed E-state index contributed by atoms with van der Waals surface area (Å²) < 4.78 is 47.1. The molecule has 1 aromatic heterocycles. The van der Waals surface area contributed by atoms with E-state index < -0.39 is 35.2 Å². The number of halogens is 4. The third kappa shape index (κ3) is 3.97. The third-order valence-corrected chi connectivity index (χ3v) is 5.31. The summed E-state index contributed by atoms with van der Waals surface area (Å²) in [6.07, 6.45) is -3.69. The van der Waals surface area contributed by atoms with Gasteiger partial charge in [-0.15, -0.1) is 0 Å². The molecule has 1 atom stereocenters. The van der Waals surface area contributed by atoms with Crippen molar-refractivity contribution in [3.05, 3.63) is 28.5 Å². The SMILES string of the molecule is CC(C)(C)OC(=O)N1CC2(CCN(C(c3ccc(Br)cn3)C(F)(F)F)C2=O)C1. The van der Waals surface area contributed by atoms with Crippen LogP contribution in [0.1, 0.15) is 38.9 Å². The highest BCUT2D eigenvalue weighted by Crippen LogP contribution is 2.47. The molecule has 0 saturated carbocycles. The van der Waals surface area contributed by atoms with Crippen molar-refractivity contribution in [2.45, 2.75) is 45.0 Å². The summed E-state index contributed by atoms with van der Waals surface area (Å²) in [5.41, 5.74) is -1.89. The lowest BCUT2D eigenvalue weighted by molar-refractivity contribution is -0.193. The van der Waals surface area contributed by atoms with Crippen LogP contribution in [0.2, 0.25) is 0 Å². The molecule has 10 heteroatoms. The van der Waals surface area contributed by atoms with Gasteiger partial charge in [0.25, 0.3) is 0 Å². The first kappa shape index (κ1) is 20.9. The van der Waals surface area contributed by atoms with Crippen molar-refractivity contribution in [1.29, 1.82) is 0 Å². The molecule has 2 amide bonds. The van der Waals surface area contributed by atoms with E-state index in [-0.39, 0.29) is 31.7 Å². The van der Waals surface area contributed by atoms with Gasteiger partial charge in [0.15, 0.2) is 6.04 Å². The molecule has 2 saturated heterocycles. The van der Waals surface area contributed by atoms with E-state index in [9.17, 15) is 22.8 Å². The molecule has 6 nitrogen and oxygen atoms in total. The standard InChI is InChI=1S/C18H21BrF3N3O3/c1-16(2,3)28-15(27)24-9-17(10-24)6-7-25(14(17)26)13(18(20,21)22)12-5-4-11(19)8-23-12/h4-5,8,13H,6-7,9-10H2,1-3H3. The van der Waals surface area contributed by atoms with Crippen LogP contribution in [0.4, 0.5) is 18.0 Å². The number of rotatable bonds is 2. The number of ether oxygens (including phenoxy) is 1. The lowest BCUT2D eigenvalue weighted by Crippen LogP contribution is -2.62. The third-order valence-electron chi connectivity index (χ3n) is 4.84. The molecule has 0 N–H and O–H groups in total. The topological polar surface area (TPSA) is 62.7 Å². The number of pyridine rings is 1. The molecule has 1 aromatic rings. The van der Waals surface area contributed by atoms with Crippen LogP contribution in [0, 0.1) is 5.41 Å². The van der Waals surface area contributed by atoms with Gasteiger partial charge >= 0.3 is 12.3 Å². The van der Waals surface area contributed by atoms with Crippen molar-refractivity contribution >= 4 is 27.9 Å². The monoisotopic (exact) mass is 463 g/mol. The molecule has 1 spiro atoms. The summed E-state index contributed by atoms with van der Waals surface area (Å²) in [6.45, 7) is 5.26. The van der Waals surface area contributed by atoms with E-state index in [2.05, 4.69) is 20.9 Å². The fourth-order valence-corrected chi connectivity index (χ4v) is 3.81. The molecular formula is C18H21BrF3N3O3. The van der Waals surface area contributed by atoms with Gasteiger partial charge in [0.05, 0.1) is 11.1 Å². The molecule has 28 heavy (non-hydrogen) atoms. The van der Waals surface area contributed by atoms with Gasteiger partial charge in [-0.3, -0.25) is 9.78 Å². The number of carbonyl (C=O) groups excluding carboxylic acids is 2. The zero-order chi connectivity index (χ0) is 20.9. The van der Waals surface area contributed by atoms with Crippen molar-refractivity contribution in [3.8, 4) is 0 Å². The van der Waals surface area contributed by atoms with Gasteiger partial charge < -0.3 is 14.5 Å². The molecule has 154 valence electrons. The largest absolute Gasteiger partial charge is 0.444 e. The van der Waals surface area contributed by atoms with Gasteiger partial charge in [0.1, 0.15) is 5.60 Å². The first-order chi connectivity index (χ1) is 12.8. The van der Waals surface area contributed by atoms with Crippen molar-refractivity contribution in [2.75, 3.05) is 19.6 Å². The van der Waals surface area contributed by atoms with Gasteiger partial charge in [-0.1, -0.05) is 0 Å². The average Bonchev–Trinajstić information content (AvgIpc) is 2.83. The van der Waals surface area contributed by atoms with Crippen molar-refractivity contribution in [2.24, 2.45) is 5.41 Å². The predicted octanol–water partition coefficient (Wildman–Crippen LogP) is 3.92. The molecule has 1 unspecified atom stereocenters. The van der Waals surface area contributed by atoms with Crippen LogP contribution < -0.4 is 0 Å². The Labute approximate surface area is 169 Å². The Morgan fingerprint density at radius 1 is 1.29 bits per heavy atom. The Balaban J connectivity index is 1.76. The van der Waals surface area contributed by atoms with Crippen LogP contribution >= 0.6 is 15.9 Å². The molecule has 0 radical (unpaired) electrons. The average molecular weight is 464 g/mol. The molecule has 2 fully saturated rings. The molecule has 3 rings (SSSR count). The molecule has 2 aliphatic rings. The maximum atomic E-state index is 13.8. The van der Waals surface area contributed by atoms with Crippen LogP contribution in [0.15, 0.2) is 22.8 Å². The van der Waals surface area contributed by atoms with E-state index in [1.54, 1.807) is 20.8 Å². The zero-order valence-corrected chi connectivity index (χ0v) is 17.3. The van der Waals surface area contributed by atoms with Crippen molar-refractivity contribution in [1.82, 2.24) is 14.8 Å². The number of nitrogens with zero attached hydrogens (tertiary/aromatic N) is 3. The van der Waals surface area contributed by atoms with Crippen molar-refractivity contribution in [3.63, 3.8) is 0 Å². The number of hydrogen-bond acceptors (Lipinski definition) is 4. The second-order valence-electron chi connectivity index (χ2n) is 8.21. The minimum atomic E-state index is -4.66. The first-order valence-electron chi connectivity index (χ1n) is 8.80. The van der Waals surface area contributed by atoms with Crippen LogP contribution in [0.25, 0.3) is 0 Å². The quantitative estimate of drug-likeness (QED) is 0.666. The van der Waals surface area contributed by atoms with E-state index in [0.717, 1.165) is 4.90 Å². The van der Waals surface area contributed by atoms with E-state index in [1.807, 2.05) is 0 Å². The van der Waals surface area contributed by atoms with Gasteiger partial charge in [-0.25, -0.2) is 4.79 Å². The Morgan fingerprint density at radius 2 is 1.93 bits per heavy atom. The maximum Gasteiger partial charge on any atom is 0.414 e. The second-order valence-corrected chi connectivity index (χ2v) is 9.13. The van der Waals surface area contributed by atoms with E-state index >= 15 is 0 Å². The van der Waals surface area contributed by atoms with Gasteiger partial charge in [-0.05, 0) is 55.3 Å². The van der Waals surface area contributed by atoms with Crippen LogP contribution in [0.3, 0.4) is 0 Å². The Bertz CT molecular complexity index is 771. The minimum absolute atomic E-state index is 0.0388. The highest BCUT2D eigenvalue weighted by Gasteiger charge is 2.61. The lowest BCUT2D eigenvalue weighted by Gasteiger charge is -2.46. The summed E-state index contributed by atoms with van der Waals surface area (Å²) in [6, 6.07) is 0.613. The summed E-state index contributed by atoms with van der Waals surface area (Å²) in [5.74, 6) is -0.598. The number of likely N-dealkylation sites (tertiary alicyclic amines) is 2. The number of hydrogen-bond donors (Lipinski definition) is 0. The van der Waals surface area contributed by atoms with E-state index in [1.165, 1.54) is 23.2 Å². The van der Waals surface area contributed by atoms with Gasteiger partial charge in [-0.2, -0.15) is 13.2 Å². The van der Waals surface area contributed by atoms with E-state index in [4.69, 9.17) is 4.74 Å². The number of aromatic nitrogens is 1. The lowest BCUT2D eigenvalue weighted by atomic mass is 9.78. The highest BCUT2D eigenvalue weighted by atomic mass is 79.9. The Hall–Kier alpha value is -1.84. The van der Waals surface area contributed by atoms with E-state index in [0.29, 0.717) is 4.47 Å². The molecule has 0 aliphatic carbocycles. The fraction of sp³-hybridized carbons (Fsp3) is 0.611. The number of carbonyl (C=O) groups is 2. The normalized spacial score (nSPS) is 20.3. The van der Waals surface area contributed by atoms with Gasteiger partial charge in [0.2, 0.25) is 5.91 Å².